The molecule has 0 aliphatic heterocycles. The van der Waals surface area contributed by atoms with E-state index in [0.29, 0.717) is 17.5 Å². The molecule has 0 unspecified atom stereocenters. The molecular formula is C51H30N4O2. The Morgan fingerprint density at radius 2 is 0.982 bits per heavy atom. The van der Waals surface area contributed by atoms with Crippen LogP contribution in [0.2, 0.25) is 0 Å². The Balaban J connectivity index is 1.10. The van der Waals surface area contributed by atoms with Crippen molar-refractivity contribution >= 4 is 65.7 Å². The third kappa shape index (κ3) is 4.94. The number of aromatic nitrogens is 4. The van der Waals surface area contributed by atoms with E-state index in [1.165, 1.54) is 5.56 Å². The first-order valence-electron chi connectivity index (χ1n) is 19.0. The SMILES string of the molecule is c1ccc(-c2ccc3oc4cc(-n5c6ccccc6c6cccc(-c7nc(-c8ccccc8)nc(-c8cccc9oc%10ccccc%10c89)n7)c65)ccc4c3c2)cc1. The molecule has 0 N–H and O–H groups in total. The minimum atomic E-state index is 0.578. The van der Waals surface area contributed by atoms with Gasteiger partial charge in [-0.25, -0.2) is 15.0 Å². The van der Waals surface area contributed by atoms with E-state index in [1.807, 2.05) is 66.7 Å². The highest BCUT2D eigenvalue weighted by molar-refractivity contribution is 6.15. The molecule has 0 bridgehead atoms. The smallest absolute Gasteiger partial charge is 0.166 e. The van der Waals surface area contributed by atoms with Gasteiger partial charge < -0.3 is 13.4 Å². The largest absolute Gasteiger partial charge is 0.456 e. The molecule has 0 saturated heterocycles. The van der Waals surface area contributed by atoms with Gasteiger partial charge in [0.15, 0.2) is 17.5 Å². The molecule has 0 aliphatic carbocycles. The summed E-state index contributed by atoms with van der Waals surface area (Å²) in [5.41, 5.74) is 11.4. The molecule has 0 spiro atoms. The van der Waals surface area contributed by atoms with Crippen LogP contribution in [0.3, 0.4) is 0 Å². The Kier molecular flexibility index (Phi) is 6.83. The van der Waals surface area contributed by atoms with E-state index in [2.05, 4.69) is 120 Å². The van der Waals surface area contributed by atoms with Gasteiger partial charge in [0, 0.05) is 60.8 Å². The number of hydrogen-bond donors (Lipinski definition) is 0. The number of hydrogen-bond acceptors (Lipinski definition) is 5. The van der Waals surface area contributed by atoms with Gasteiger partial charge in [-0.1, -0.05) is 127 Å². The van der Waals surface area contributed by atoms with Gasteiger partial charge >= 0.3 is 0 Å². The molecule has 57 heavy (non-hydrogen) atoms. The third-order valence-corrected chi connectivity index (χ3v) is 11.1. The normalized spacial score (nSPS) is 11.9. The number of fused-ring (bicyclic) bond motifs is 9. The highest BCUT2D eigenvalue weighted by Gasteiger charge is 2.22. The van der Waals surface area contributed by atoms with E-state index in [0.717, 1.165) is 93.6 Å². The molecule has 8 aromatic carbocycles. The van der Waals surface area contributed by atoms with Gasteiger partial charge in [0.25, 0.3) is 0 Å². The molecule has 266 valence electrons. The fraction of sp³-hybridized carbons (Fsp3) is 0. The Morgan fingerprint density at radius 1 is 0.351 bits per heavy atom. The first-order chi connectivity index (χ1) is 28.2. The molecule has 0 fully saturated rings. The van der Waals surface area contributed by atoms with Crippen LogP contribution in [-0.4, -0.2) is 19.5 Å². The molecule has 6 heteroatoms. The van der Waals surface area contributed by atoms with Crippen molar-refractivity contribution in [2.75, 3.05) is 0 Å². The van der Waals surface area contributed by atoms with Crippen LogP contribution in [-0.2, 0) is 0 Å². The van der Waals surface area contributed by atoms with Crippen LogP contribution in [0.15, 0.2) is 191 Å². The number of furan rings is 2. The molecule has 0 amide bonds. The van der Waals surface area contributed by atoms with Gasteiger partial charge in [-0.15, -0.1) is 0 Å². The molecule has 6 nitrogen and oxygen atoms in total. The Labute approximate surface area is 325 Å². The number of benzene rings is 8. The first kappa shape index (κ1) is 31.5. The third-order valence-electron chi connectivity index (χ3n) is 11.1. The molecule has 4 heterocycles. The summed E-state index contributed by atoms with van der Waals surface area (Å²) in [5, 5.41) is 6.40. The zero-order valence-corrected chi connectivity index (χ0v) is 30.4. The molecule has 4 aromatic heterocycles. The van der Waals surface area contributed by atoms with E-state index in [-0.39, 0.29) is 0 Å². The first-order valence-corrected chi connectivity index (χ1v) is 19.0. The lowest BCUT2D eigenvalue weighted by Crippen LogP contribution is -2.02. The number of nitrogens with zero attached hydrogens (tertiary/aromatic N) is 4. The van der Waals surface area contributed by atoms with Gasteiger partial charge in [0.05, 0.1) is 11.0 Å². The zero-order chi connectivity index (χ0) is 37.5. The van der Waals surface area contributed by atoms with Crippen LogP contribution in [0.4, 0.5) is 0 Å². The average molecular weight is 731 g/mol. The van der Waals surface area contributed by atoms with Crippen molar-refractivity contribution in [1.29, 1.82) is 0 Å². The van der Waals surface area contributed by atoms with Crippen molar-refractivity contribution in [3.8, 4) is 51.0 Å². The fourth-order valence-corrected chi connectivity index (χ4v) is 8.48. The Bertz CT molecular complexity index is 3530. The summed E-state index contributed by atoms with van der Waals surface area (Å²) < 4.78 is 15.2. The second-order valence-corrected chi connectivity index (χ2v) is 14.4. The molecule has 0 aliphatic rings. The molecule has 0 atom stereocenters. The van der Waals surface area contributed by atoms with E-state index in [4.69, 9.17) is 23.8 Å². The van der Waals surface area contributed by atoms with Gasteiger partial charge in [0.1, 0.15) is 22.3 Å². The average Bonchev–Trinajstić information content (AvgIpc) is 3.96. The van der Waals surface area contributed by atoms with Crippen molar-refractivity contribution in [2.24, 2.45) is 0 Å². The maximum Gasteiger partial charge on any atom is 0.166 e. The van der Waals surface area contributed by atoms with E-state index >= 15 is 0 Å². The summed E-state index contributed by atoms with van der Waals surface area (Å²) in [5.74, 6) is 1.75. The van der Waals surface area contributed by atoms with Gasteiger partial charge in [-0.05, 0) is 59.7 Å². The molecule has 12 aromatic rings. The number of para-hydroxylation sites is 3. The quantitative estimate of drug-likeness (QED) is 0.176. The van der Waals surface area contributed by atoms with Crippen LogP contribution >= 0.6 is 0 Å². The van der Waals surface area contributed by atoms with Gasteiger partial charge in [-0.3, -0.25) is 0 Å². The van der Waals surface area contributed by atoms with E-state index in [9.17, 15) is 0 Å². The minimum absolute atomic E-state index is 0.578. The predicted octanol–water partition coefficient (Wildman–Crippen LogP) is 13.4. The lowest BCUT2D eigenvalue weighted by molar-refractivity contribution is 0.668. The van der Waals surface area contributed by atoms with Crippen LogP contribution in [0.25, 0.3) is 117 Å². The highest BCUT2D eigenvalue weighted by atomic mass is 16.3. The summed E-state index contributed by atoms with van der Waals surface area (Å²) in [4.78, 5) is 15.7. The molecule has 0 radical (unpaired) electrons. The number of rotatable bonds is 5. The second-order valence-electron chi connectivity index (χ2n) is 14.4. The molecule has 12 rings (SSSR count). The Morgan fingerprint density at radius 3 is 1.84 bits per heavy atom. The second kappa shape index (κ2) is 12.3. The van der Waals surface area contributed by atoms with Crippen LogP contribution in [0.5, 0.6) is 0 Å². The standard InChI is InChI=1S/C51H30N4O2/c1-3-13-31(14-4-1)33-25-28-44-41(29-33)36-27-26-34(30-46(36)57-44)55-42-22-9-7-17-35(42)37-19-11-21-40(48(37)55)51-53-49(32-15-5-2-6-16-32)52-50(54-51)39-20-12-24-45-47(39)38-18-8-10-23-43(38)56-45/h1-30H. The van der Waals surface area contributed by atoms with E-state index in [1.54, 1.807) is 0 Å². The molecule has 0 saturated carbocycles. The van der Waals surface area contributed by atoms with Crippen LogP contribution in [0.1, 0.15) is 0 Å². The fourth-order valence-electron chi connectivity index (χ4n) is 8.48. The monoisotopic (exact) mass is 730 g/mol. The van der Waals surface area contributed by atoms with E-state index < -0.39 is 0 Å². The van der Waals surface area contributed by atoms with Gasteiger partial charge in [-0.2, -0.15) is 0 Å². The summed E-state index contributed by atoms with van der Waals surface area (Å²) >= 11 is 0. The van der Waals surface area contributed by atoms with Crippen molar-refractivity contribution in [3.63, 3.8) is 0 Å². The van der Waals surface area contributed by atoms with Crippen molar-refractivity contribution in [1.82, 2.24) is 19.5 Å². The molecular weight excluding hydrogens is 701 g/mol. The Hall–Kier alpha value is -7.83. The predicted molar refractivity (Wildman–Crippen MR) is 230 cm³/mol. The summed E-state index contributed by atoms with van der Waals surface area (Å²) in [6, 6.07) is 62.6. The minimum Gasteiger partial charge on any atom is -0.456 e. The maximum atomic E-state index is 6.56. The summed E-state index contributed by atoms with van der Waals surface area (Å²) in [7, 11) is 0. The maximum absolute atomic E-state index is 6.56. The zero-order valence-electron chi connectivity index (χ0n) is 30.4. The topological polar surface area (TPSA) is 69.9 Å². The summed E-state index contributed by atoms with van der Waals surface area (Å²) in [6.07, 6.45) is 0. The summed E-state index contributed by atoms with van der Waals surface area (Å²) in [6.45, 7) is 0. The van der Waals surface area contributed by atoms with Crippen molar-refractivity contribution < 1.29 is 8.83 Å². The highest BCUT2D eigenvalue weighted by Crippen LogP contribution is 2.41. The lowest BCUT2D eigenvalue weighted by atomic mass is 10.0. The lowest BCUT2D eigenvalue weighted by Gasteiger charge is -2.13. The van der Waals surface area contributed by atoms with Crippen molar-refractivity contribution in [2.45, 2.75) is 0 Å². The van der Waals surface area contributed by atoms with Crippen LogP contribution in [0, 0.1) is 0 Å². The van der Waals surface area contributed by atoms with Crippen molar-refractivity contribution in [3.05, 3.63) is 182 Å². The van der Waals surface area contributed by atoms with Crippen LogP contribution < -0.4 is 0 Å². The van der Waals surface area contributed by atoms with Gasteiger partial charge in [0.2, 0.25) is 0 Å².